The molecule has 1 N–H and O–H groups in total. The monoisotopic (exact) mass is 269 g/mol. The van der Waals surface area contributed by atoms with Crippen molar-refractivity contribution in [3.63, 3.8) is 0 Å². The number of nitrogens with zero attached hydrogens (tertiary/aromatic N) is 1. The number of carbonyl (C=O) groups excluding carboxylic acids is 1. The van der Waals surface area contributed by atoms with E-state index >= 15 is 0 Å². The largest absolute Gasteiger partial charge is 0.481 e. The van der Waals surface area contributed by atoms with Gasteiger partial charge in [0.05, 0.1) is 24.5 Å². The molecule has 1 aliphatic heterocycles. The minimum Gasteiger partial charge on any atom is -0.481 e. The summed E-state index contributed by atoms with van der Waals surface area (Å²) in [6.45, 7) is 6.29. The van der Waals surface area contributed by atoms with Crippen LogP contribution in [0.1, 0.15) is 40.0 Å². The van der Waals surface area contributed by atoms with E-state index in [9.17, 15) is 9.59 Å². The fraction of sp³-hybridized carbons (Fsp3) is 0.857. The quantitative estimate of drug-likeness (QED) is 0.821. The SMILES string of the molecule is CC1OC(C)C(C(=O)N(CCC(=O)O)C2CC2)C1C. The van der Waals surface area contributed by atoms with Gasteiger partial charge in [-0.3, -0.25) is 9.59 Å². The number of carboxylic acid groups (broad SMARTS) is 1. The van der Waals surface area contributed by atoms with E-state index in [1.807, 2.05) is 20.8 Å². The molecule has 4 atom stereocenters. The molecule has 108 valence electrons. The van der Waals surface area contributed by atoms with E-state index in [0.717, 1.165) is 12.8 Å². The van der Waals surface area contributed by atoms with Crippen LogP contribution in [0.4, 0.5) is 0 Å². The zero-order valence-corrected chi connectivity index (χ0v) is 11.8. The van der Waals surface area contributed by atoms with E-state index in [4.69, 9.17) is 9.84 Å². The number of aliphatic carboxylic acids is 1. The predicted molar refractivity (Wildman–Crippen MR) is 69.7 cm³/mol. The zero-order chi connectivity index (χ0) is 14.2. The number of amides is 1. The lowest BCUT2D eigenvalue weighted by atomic mass is 9.88. The Hall–Kier alpha value is -1.10. The highest BCUT2D eigenvalue weighted by Gasteiger charge is 2.45. The summed E-state index contributed by atoms with van der Waals surface area (Å²) in [5.74, 6) is -0.721. The highest BCUT2D eigenvalue weighted by molar-refractivity contribution is 5.81. The first-order valence-corrected chi connectivity index (χ1v) is 7.09. The molecule has 0 aromatic rings. The molecule has 2 aliphatic rings. The lowest BCUT2D eigenvalue weighted by Gasteiger charge is -2.28. The summed E-state index contributed by atoms with van der Waals surface area (Å²) in [5.41, 5.74) is 0. The minimum atomic E-state index is -0.851. The van der Waals surface area contributed by atoms with Gasteiger partial charge in [-0.1, -0.05) is 6.92 Å². The smallest absolute Gasteiger partial charge is 0.305 e. The summed E-state index contributed by atoms with van der Waals surface area (Å²) >= 11 is 0. The van der Waals surface area contributed by atoms with Gasteiger partial charge in [0.1, 0.15) is 0 Å². The molecule has 0 spiro atoms. The molecule has 5 heteroatoms. The van der Waals surface area contributed by atoms with Crippen molar-refractivity contribution < 1.29 is 19.4 Å². The van der Waals surface area contributed by atoms with Gasteiger partial charge >= 0.3 is 5.97 Å². The van der Waals surface area contributed by atoms with Gasteiger partial charge in [-0.25, -0.2) is 0 Å². The molecule has 19 heavy (non-hydrogen) atoms. The second kappa shape index (κ2) is 5.49. The Labute approximate surface area is 113 Å². The van der Waals surface area contributed by atoms with Gasteiger partial charge in [-0.2, -0.15) is 0 Å². The highest BCUT2D eigenvalue weighted by atomic mass is 16.5. The molecule has 2 fully saturated rings. The molecule has 2 rings (SSSR count). The van der Waals surface area contributed by atoms with Crippen molar-refractivity contribution >= 4 is 11.9 Å². The fourth-order valence-electron chi connectivity index (χ4n) is 2.96. The molecule has 0 radical (unpaired) electrons. The maximum atomic E-state index is 12.7. The van der Waals surface area contributed by atoms with E-state index in [0.29, 0.717) is 6.54 Å². The topological polar surface area (TPSA) is 66.8 Å². The van der Waals surface area contributed by atoms with Gasteiger partial charge < -0.3 is 14.7 Å². The van der Waals surface area contributed by atoms with Crippen LogP contribution in [-0.4, -0.2) is 46.7 Å². The number of carboxylic acids is 1. The molecule has 1 heterocycles. The van der Waals surface area contributed by atoms with Crippen molar-refractivity contribution in [3.05, 3.63) is 0 Å². The van der Waals surface area contributed by atoms with E-state index < -0.39 is 5.97 Å². The first kappa shape index (κ1) is 14.3. The number of hydrogen-bond donors (Lipinski definition) is 1. The molecule has 0 aromatic carbocycles. The van der Waals surface area contributed by atoms with Crippen LogP contribution in [-0.2, 0) is 14.3 Å². The van der Waals surface area contributed by atoms with Crippen molar-refractivity contribution in [3.8, 4) is 0 Å². The van der Waals surface area contributed by atoms with Crippen molar-refractivity contribution in [2.45, 2.75) is 58.3 Å². The molecule has 0 aromatic heterocycles. The van der Waals surface area contributed by atoms with E-state index in [-0.39, 0.29) is 42.4 Å². The van der Waals surface area contributed by atoms with Crippen LogP contribution < -0.4 is 0 Å². The number of rotatable bonds is 5. The first-order chi connectivity index (χ1) is 8.91. The van der Waals surface area contributed by atoms with Crippen LogP contribution in [0, 0.1) is 11.8 Å². The molecule has 1 saturated carbocycles. The number of carbonyl (C=O) groups is 2. The van der Waals surface area contributed by atoms with Crippen LogP contribution in [0.25, 0.3) is 0 Å². The standard InChI is InChI=1S/C14H23NO4/c1-8-9(2)19-10(3)13(8)14(18)15(11-4-5-11)7-6-12(16)17/h8-11,13H,4-7H2,1-3H3,(H,16,17). The molecular formula is C14H23NO4. The Morgan fingerprint density at radius 3 is 2.26 bits per heavy atom. The summed E-state index contributed by atoms with van der Waals surface area (Å²) in [6, 6.07) is 0.252. The summed E-state index contributed by atoms with van der Waals surface area (Å²) in [4.78, 5) is 25.1. The molecule has 1 amide bonds. The summed E-state index contributed by atoms with van der Waals surface area (Å²) in [6.07, 6.45) is 2.02. The van der Waals surface area contributed by atoms with Gasteiger partial charge in [-0.15, -0.1) is 0 Å². The summed E-state index contributed by atoms with van der Waals surface area (Å²) < 4.78 is 5.72. The van der Waals surface area contributed by atoms with Crippen LogP contribution >= 0.6 is 0 Å². The highest BCUT2D eigenvalue weighted by Crippen LogP contribution is 2.36. The van der Waals surface area contributed by atoms with Crippen LogP contribution in [0.2, 0.25) is 0 Å². The number of ether oxygens (including phenoxy) is 1. The third-order valence-electron chi connectivity index (χ3n) is 4.36. The Morgan fingerprint density at radius 1 is 1.21 bits per heavy atom. The summed E-state index contributed by atoms with van der Waals surface area (Å²) in [7, 11) is 0. The molecule has 1 aliphatic carbocycles. The average Bonchev–Trinajstić information content (AvgIpc) is 3.09. The van der Waals surface area contributed by atoms with Gasteiger partial charge in [0.15, 0.2) is 0 Å². The maximum Gasteiger partial charge on any atom is 0.305 e. The van der Waals surface area contributed by atoms with Crippen molar-refractivity contribution in [1.29, 1.82) is 0 Å². The Morgan fingerprint density at radius 2 is 1.84 bits per heavy atom. The number of hydrogen-bond acceptors (Lipinski definition) is 3. The van der Waals surface area contributed by atoms with Crippen LogP contribution in [0.5, 0.6) is 0 Å². The molecule has 1 saturated heterocycles. The third kappa shape index (κ3) is 3.08. The van der Waals surface area contributed by atoms with Crippen molar-refractivity contribution in [2.75, 3.05) is 6.54 Å². The Kier molecular flexibility index (Phi) is 4.13. The van der Waals surface area contributed by atoms with E-state index in [2.05, 4.69) is 0 Å². The predicted octanol–water partition coefficient (Wildman–Crippen LogP) is 1.51. The normalized spacial score (nSPS) is 34.3. The fourth-order valence-corrected chi connectivity index (χ4v) is 2.96. The molecular weight excluding hydrogens is 246 g/mol. The van der Waals surface area contributed by atoms with Gasteiger partial charge in [0.2, 0.25) is 5.91 Å². The summed E-state index contributed by atoms with van der Waals surface area (Å²) in [5, 5.41) is 8.80. The van der Waals surface area contributed by atoms with E-state index in [1.165, 1.54) is 0 Å². The maximum absolute atomic E-state index is 12.7. The van der Waals surface area contributed by atoms with Gasteiger partial charge in [0.25, 0.3) is 0 Å². The lowest BCUT2D eigenvalue weighted by Crippen LogP contribution is -2.43. The third-order valence-corrected chi connectivity index (χ3v) is 4.36. The van der Waals surface area contributed by atoms with Gasteiger partial charge in [-0.05, 0) is 32.6 Å². The second-order valence-corrected chi connectivity index (χ2v) is 5.84. The Balaban J connectivity index is 2.04. The first-order valence-electron chi connectivity index (χ1n) is 7.09. The Bertz CT molecular complexity index is 366. The van der Waals surface area contributed by atoms with Crippen molar-refractivity contribution in [1.82, 2.24) is 4.90 Å². The van der Waals surface area contributed by atoms with E-state index in [1.54, 1.807) is 4.90 Å². The molecule has 4 unspecified atom stereocenters. The van der Waals surface area contributed by atoms with Crippen LogP contribution in [0.3, 0.4) is 0 Å². The molecule has 0 bridgehead atoms. The molecule has 5 nitrogen and oxygen atoms in total. The van der Waals surface area contributed by atoms with Crippen LogP contribution in [0.15, 0.2) is 0 Å². The van der Waals surface area contributed by atoms with Gasteiger partial charge in [0, 0.05) is 12.6 Å². The zero-order valence-electron chi connectivity index (χ0n) is 11.8. The second-order valence-electron chi connectivity index (χ2n) is 5.84. The lowest BCUT2D eigenvalue weighted by molar-refractivity contribution is -0.141. The van der Waals surface area contributed by atoms with Crippen molar-refractivity contribution in [2.24, 2.45) is 11.8 Å². The minimum absolute atomic E-state index is 0.0220. The average molecular weight is 269 g/mol.